The van der Waals surface area contributed by atoms with Gasteiger partial charge in [0, 0.05) is 17.3 Å². The molecule has 3 rings (SSSR count). The molecule has 0 bridgehead atoms. The first kappa shape index (κ1) is 25.7. The quantitative estimate of drug-likeness (QED) is 0.297. The van der Waals surface area contributed by atoms with Crippen molar-refractivity contribution in [2.24, 2.45) is 0 Å². The van der Waals surface area contributed by atoms with E-state index in [2.05, 4.69) is 21.7 Å². The lowest BCUT2D eigenvalue weighted by atomic mass is 10.1. The van der Waals surface area contributed by atoms with Gasteiger partial charge in [0.1, 0.15) is 18.2 Å². The summed E-state index contributed by atoms with van der Waals surface area (Å²) in [6.45, 7) is 5.45. The molecule has 1 aromatic heterocycles. The van der Waals surface area contributed by atoms with Crippen LogP contribution < -0.4 is 10.6 Å². The summed E-state index contributed by atoms with van der Waals surface area (Å²) < 4.78 is 10.4. The number of benzene rings is 2. The molecule has 0 unspecified atom stereocenters. The highest BCUT2D eigenvalue weighted by atomic mass is 16.6. The van der Waals surface area contributed by atoms with Crippen molar-refractivity contribution in [1.82, 2.24) is 15.6 Å². The fraction of sp³-hybridized carbons (Fsp3) is 0.385. The Labute approximate surface area is 203 Å². The van der Waals surface area contributed by atoms with Gasteiger partial charge >= 0.3 is 18.2 Å². The van der Waals surface area contributed by atoms with E-state index >= 15 is 0 Å². The molecule has 0 fully saturated rings. The summed E-state index contributed by atoms with van der Waals surface area (Å²) in [6, 6.07) is 14.8. The number of carboxylic acids is 1. The predicted octanol–water partition coefficient (Wildman–Crippen LogP) is 4.76. The van der Waals surface area contributed by atoms with Gasteiger partial charge in [-0.2, -0.15) is 0 Å². The van der Waals surface area contributed by atoms with E-state index in [4.69, 9.17) is 9.47 Å². The average molecular weight is 482 g/mol. The minimum absolute atomic E-state index is 0.0336. The third-order valence-electron chi connectivity index (χ3n) is 5.17. The van der Waals surface area contributed by atoms with Gasteiger partial charge in [0.25, 0.3) is 0 Å². The molecule has 3 aromatic rings. The average Bonchev–Trinajstić information content (AvgIpc) is 2.80. The van der Waals surface area contributed by atoms with Crippen LogP contribution in [0.4, 0.5) is 9.59 Å². The fourth-order valence-electron chi connectivity index (χ4n) is 3.54. The number of aliphatic carboxylic acids is 1. The van der Waals surface area contributed by atoms with Crippen LogP contribution in [0.1, 0.15) is 45.7 Å². The zero-order chi connectivity index (χ0) is 25.4. The van der Waals surface area contributed by atoms with Gasteiger partial charge in [-0.15, -0.1) is 0 Å². The first-order chi connectivity index (χ1) is 16.6. The molecular formula is C26H31N3O6. The number of carbonyl (C=O) groups excluding carboxylic acids is 2. The zero-order valence-electron chi connectivity index (χ0n) is 20.2. The highest BCUT2D eigenvalue weighted by Crippen LogP contribution is 2.24. The number of pyridine rings is 1. The maximum Gasteiger partial charge on any atom is 0.408 e. The monoisotopic (exact) mass is 481 g/mol. The minimum Gasteiger partial charge on any atom is -0.480 e. The van der Waals surface area contributed by atoms with Crippen LogP contribution in [0.25, 0.3) is 21.7 Å². The van der Waals surface area contributed by atoms with Crippen LogP contribution in [0.5, 0.6) is 0 Å². The molecule has 0 aliphatic heterocycles. The van der Waals surface area contributed by atoms with E-state index in [9.17, 15) is 19.5 Å². The van der Waals surface area contributed by atoms with Gasteiger partial charge in [0.05, 0.1) is 11.2 Å². The lowest BCUT2D eigenvalue weighted by Crippen LogP contribution is -2.43. The number of carboxylic acid groups (broad SMARTS) is 1. The number of amides is 2. The number of carbonyl (C=O) groups is 3. The first-order valence-electron chi connectivity index (χ1n) is 11.5. The van der Waals surface area contributed by atoms with Crippen molar-refractivity contribution in [3.63, 3.8) is 0 Å². The van der Waals surface area contributed by atoms with Crippen molar-refractivity contribution < 1.29 is 29.0 Å². The Bertz CT molecular complexity index is 1200. The molecule has 2 aromatic carbocycles. The van der Waals surface area contributed by atoms with E-state index in [1.807, 2.05) is 42.5 Å². The van der Waals surface area contributed by atoms with Crippen LogP contribution in [0.15, 0.2) is 48.5 Å². The number of alkyl carbamates (subject to hydrolysis) is 2. The maximum absolute atomic E-state index is 12.0. The largest absolute Gasteiger partial charge is 0.480 e. The topological polar surface area (TPSA) is 127 Å². The minimum atomic E-state index is -1.14. The Hall–Kier alpha value is -3.88. The molecule has 0 aliphatic carbocycles. The summed E-state index contributed by atoms with van der Waals surface area (Å²) >= 11 is 0. The lowest BCUT2D eigenvalue weighted by Gasteiger charge is -2.22. The highest BCUT2D eigenvalue weighted by Gasteiger charge is 2.23. The van der Waals surface area contributed by atoms with E-state index < -0.39 is 29.8 Å². The summed E-state index contributed by atoms with van der Waals surface area (Å²) in [6.07, 6.45) is -0.143. The zero-order valence-corrected chi connectivity index (χ0v) is 20.2. The smallest absolute Gasteiger partial charge is 0.408 e. The summed E-state index contributed by atoms with van der Waals surface area (Å²) in [5.74, 6) is -1.14. The molecule has 0 aliphatic rings. The van der Waals surface area contributed by atoms with Crippen LogP contribution in [0, 0.1) is 0 Å². The Morgan fingerprint density at radius 1 is 0.971 bits per heavy atom. The van der Waals surface area contributed by atoms with Gasteiger partial charge in [-0.1, -0.05) is 42.5 Å². The third kappa shape index (κ3) is 7.84. The second-order valence-corrected chi connectivity index (χ2v) is 9.20. The van der Waals surface area contributed by atoms with Gasteiger partial charge < -0.3 is 25.2 Å². The van der Waals surface area contributed by atoms with Crippen LogP contribution in [-0.2, 0) is 20.9 Å². The summed E-state index contributed by atoms with van der Waals surface area (Å²) in [5, 5.41) is 17.4. The third-order valence-corrected chi connectivity index (χ3v) is 5.17. The summed E-state index contributed by atoms with van der Waals surface area (Å²) in [5.41, 5.74) is 0.784. The van der Waals surface area contributed by atoms with E-state index in [-0.39, 0.29) is 13.0 Å². The highest BCUT2D eigenvalue weighted by molar-refractivity contribution is 6.05. The normalized spacial score (nSPS) is 12.2. The Morgan fingerprint density at radius 3 is 2.43 bits per heavy atom. The number of hydrogen-bond donors (Lipinski definition) is 3. The molecule has 186 valence electrons. The standard InChI is InChI=1S/C26H31N3O6/c1-26(2,3)35-25(33)29-21(23(30)31)10-6-7-15-27-24(32)34-16-19-14-13-18-12-11-17-8-4-5-9-20(17)22(18)28-19/h4-5,8-9,11-14,21H,6-7,10,15-16H2,1-3H3,(H,27,32)(H,29,33)(H,30,31)/t21-/m0/s1. The fourth-order valence-corrected chi connectivity index (χ4v) is 3.54. The second-order valence-electron chi connectivity index (χ2n) is 9.20. The van der Waals surface area contributed by atoms with Crippen molar-refractivity contribution in [3.8, 4) is 0 Å². The van der Waals surface area contributed by atoms with E-state index in [1.165, 1.54) is 0 Å². The number of unbranched alkanes of at least 4 members (excludes halogenated alkanes) is 1. The van der Waals surface area contributed by atoms with Gasteiger partial charge in [0.15, 0.2) is 0 Å². The van der Waals surface area contributed by atoms with Gasteiger partial charge in [-0.05, 0) is 51.5 Å². The molecule has 0 saturated carbocycles. The Kier molecular flexibility index (Phi) is 8.46. The number of hydrogen-bond acceptors (Lipinski definition) is 6. The van der Waals surface area contributed by atoms with Gasteiger partial charge in [0.2, 0.25) is 0 Å². The predicted molar refractivity (Wildman–Crippen MR) is 132 cm³/mol. The molecule has 0 radical (unpaired) electrons. The number of nitrogens with one attached hydrogen (secondary N) is 2. The van der Waals surface area contributed by atoms with Gasteiger partial charge in [-0.3, -0.25) is 0 Å². The lowest BCUT2D eigenvalue weighted by molar-refractivity contribution is -0.139. The SMILES string of the molecule is CC(C)(C)OC(=O)N[C@@H](CCCCNC(=O)OCc1ccc2ccc3ccccc3c2n1)C(=O)O. The van der Waals surface area contributed by atoms with E-state index in [0.717, 1.165) is 21.7 Å². The molecule has 3 N–H and O–H groups in total. The van der Waals surface area contributed by atoms with E-state index in [1.54, 1.807) is 20.8 Å². The second kappa shape index (κ2) is 11.5. The van der Waals surface area contributed by atoms with Crippen molar-refractivity contribution in [2.45, 2.75) is 58.3 Å². The van der Waals surface area contributed by atoms with Crippen LogP contribution in [0.3, 0.4) is 0 Å². The van der Waals surface area contributed by atoms with Crippen molar-refractivity contribution >= 4 is 39.8 Å². The molecule has 0 spiro atoms. The molecule has 1 heterocycles. The Morgan fingerprint density at radius 2 is 1.69 bits per heavy atom. The van der Waals surface area contributed by atoms with Crippen molar-refractivity contribution in [1.29, 1.82) is 0 Å². The van der Waals surface area contributed by atoms with Crippen LogP contribution in [0.2, 0.25) is 0 Å². The van der Waals surface area contributed by atoms with Gasteiger partial charge in [-0.25, -0.2) is 19.4 Å². The molecule has 35 heavy (non-hydrogen) atoms. The number of aromatic nitrogens is 1. The molecule has 9 heteroatoms. The Balaban J connectivity index is 1.41. The molecule has 9 nitrogen and oxygen atoms in total. The van der Waals surface area contributed by atoms with Crippen LogP contribution >= 0.6 is 0 Å². The summed E-state index contributed by atoms with van der Waals surface area (Å²) in [4.78, 5) is 39.9. The maximum atomic E-state index is 12.0. The number of fused-ring (bicyclic) bond motifs is 3. The first-order valence-corrected chi connectivity index (χ1v) is 11.5. The number of rotatable bonds is 9. The molecule has 0 saturated heterocycles. The van der Waals surface area contributed by atoms with E-state index in [0.29, 0.717) is 25.1 Å². The van der Waals surface area contributed by atoms with Crippen molar-refractivity contribution in [3.05, 3.63) is 54.2 Å². The molecular weight excluding hydrogens is 450 g/mol. The van der Waals surface area contributed by atoms with Crippen molar-refractivity contribution in [2.75, 3.05) is 6.54 Å². The molecule has 1 atom stereocenters. The molecule has 2 amide bonds. The number of ether oxygens (including phenoxy) is 2. The number of nitrogens with zero attached hydrogens (tertiary/aromatic N) is 1. The van der Waals surface area contributed by atoms with Crippen LogP contribution in [-0.4, -0.2) is 46.4 Å². The summed E-state index contributed by atoms with van der Waals surface area (Å²) in [7, 11) is 0.